The topological polar surface area (TPSA) is 118 Å². The number of aromatic nitrogens is 1. The summed E-state index contributed by atoms with van der Waals surface area (Å²) in [4.78, 5) is 43.5. The highest BCUT2D eigenvalue weighted by atomic mass is 35.5. The van der Waals surface area contributed by atoms with Gasteiger partial charge in [0.2, 0.25) is 0 Å². The molecule has 2 heterocycles. The Labute approximate surface area is 163 Å². The van der Waals surface area contributed by atoms with Gasteiger partial charge in [-0.3, -0.25) is 14.4 Å². The van der Waals surface area contributed by atoms with Crippen LogP contribution >= 0.6 is 11.6 Å². The summed E-state index contributed by atoms with van der Waals surface area (Å²) in [5.74, 6) is 0.0714. The molecule has 0 spiro atoms. The monoisotopic (exact) mass is 398 g/mol. The lowest BCUT2D eigenvalue weighted by Crippen LogP contribution is -2.40. The van der Waals surface area contributed by atoms with Crippen LogP contribution in [0.3, 0.4) is 0 Å². The Hall–Kier alpha value is -2.06. The molecule has 0 radical (unpaired) electrons. The second-order valence-electron chi connectivity index (χ2n) is 7.25. The number of nitrogen functional groups attached to an aromatic ring is 1. The van der Waals surface area contributed by atoms with Crippen molar-refractivity contribution < 1.29 is 14.4 Å². The predicted molar refractivity (Wildman–Crippen MR) is 103 cm³/mol. The number of piperidine rings is 1. The average Bonchev–Trinajstić information content (AvgIpc) is 2.62. The van der Waals surface area contributed by atoms with Crippen LogP contribution in [0.5, 0.6) is 0 Å². The minimum atomic E-state index is -0.572. The van der Waals surface area contributed by atoms with Crippen molar-refractivity contribution in [2.75, 3.05) is 25.4 Å². The number of carbonyl (C=O) groups excluding carboxylic acids is 2. The van der Waals surface area contributed by atoms with Gasteiger partial charge in [0.1, 0.15) is 11.4 Å². The molecule has 0 bridgehead atoms. The van der Waals surface area contributed by atoms with Gasteiger partial charge < -0.3 is 20.9 Å². The third-order valence-corrected chi connectivity index (χ3v) is 4.86. The van der Waals surface area contributed by atoms with E-state index in [4.69, 9.17) is 22.2 Å². The molecule has 27 heavy (non-hydrogen) atoms. The molecule has 4 N–H and O–H groups in total. The highest BCUT2D eigenvalue weighted by Gasteiger charge is 2.23. The summed E-state index contributed by atoms with van der Waals surface area (Å²) < 4.78 is 0. The molecule has 1 amide bonds. The lowest BCUT2D eigenvalue weighted by atomic mass is 9.98. The second kappa shape index (κ2) is 9.75. The van der Waals surface area contributed by atoms with Gasteiger partial charge in [-0.1, -0.05) is 25.4 Å². The number of nitrogens with one attached hydrogen (secondary N) is 2. The van der Waals surface area contributed by atoms with Gasteiger partial charge in [-0.15, -0.1) is 5.06 Å². The Morgan fingerprint density at radius 2 is 2.07 bits per heavy atom. The fourth-order valence-electron chi connectivity index (χ4n) is 2.82. The predicted octanol–water partition coefficient (Wildman–Crippen LogP) is 1.95. The highest BCUT2D eigenvalue weighted by molar-refractivity contribution is 6.33. The number of nitrogens with two attached hydrogens (primary N) is 1. The third kappa shape index (κ3) is 6.55. The molecule has 1 aromatic rings. The Morgan fingerprint density at radius 1 is 1.41 bits per heavy atom. The lowest BCUT2D eigenvalue weighted by Gasteiger charge is -2.30. The smallest absolute Gasteiger partial charge is 0.325 e. The van der Waals surface area contributed by atoms with Crippen LogP contribution in [0.25, 0.3) is 0 Å². The van der Waals surface area contributed by atoms with E-state index in [1.54, 1.807) is 5.06 Å². The van der Waals surface area contributed by atoms with Crippen LogP contribution in [0.2, 0.25) is 5.02 Å². The standard InChI is InChI=1S/C18H27ClN4O4/c1-11(2)3-4-15(24)27-23-7-5-12(6-8-23)10-21-17(25)13-9-14(19)16(20)22-18(13)26/h9,11-12H,3-8,10H2,1-2H3,(H,21,25)(H3,20,22,26). The van der Waals surface area contributed by atoms with Crippen molar-refractivity contribution in [1.82, 2.24) is 15.4 Å². The Bertz CT molecular complexity index is 727. The van der Waals surface area contributed by atoms with Crippen LogP contribution in [-0.2, 0) is 9.63 Å². The van der Waals surface area contributed by atoms with Crippen molar-refractivity contribution in [2.45, 2.75) is 39.5 Å². The van der Waals surface area contributed by atoms with Gasteiger partial charge in [0.25, 0.3) is 11.5 Å². The van der Waals surface area contributed by atoms with Gasteiger partial charge in [-0.2, -0.15) is 0 Å². The van der Waals surface area contributed by atoms with E-state index in [0.29, 0.717) is 32.0 Å². The fourth-order valence-corrected chi connectivity index (χ4v) is 2.98. The average molecular weight is 399 g/mol. The van der Waals surface area contributed by atoms with Gasteiger partial charge in [0, 0.05) is 26.1 Å². The number of pyridine rings is 1. The summed E-state index contributed by atoms with van der Waals surface area (Å²) >= 11 is 5.85. The summed E-state index contributed by atoms with van der Waals surface area (Å²) in [7, 11) is 0. The van der Waals surface area contributed by atoms with Crippen molar-refractivity contribution in [1.29, 1.82) is 0 Å². The van der Waals surface area contributed by atoms with Crippen molar-refractivity contribution in [2.24, 2.45) is 11.8 Å². The molecule has 0 unspecified atom stereocenters. The number of rotatable bonds is 7. The third-order valence-electron chi connectivity index (χ3n) is 4.55. The zero-order valence-corrected chi connectivity index (χ0v) is 16.5. The van der Waals surface area contributed by atoms with Crippen molar-refractivity contribution >= 4 is 29.3 Å². The van der Waals surface area contributed by atoms with Crippen LogP contribution in [0.1, 0.15) is 49.9 Å². The molecule has 0 atom stereocenters. The van der Waals surface area contributed by atoms with Gasteiger partial charge >= 0.3 is 5.97 Å². The zero-order chi connectivity index (χ0) is 20.0. The molecule has 8 nitrogen and oxygen atoms in total. The minimum Gasteiger partial charge on any atom is -0.384 e. The summed E-state index contributed by atoms with van der Waals surface area (Å²) in [6.45, 7) is 5.83. The highest BCUT2D eigenvalue weighted by Crippen LogP contribution is 2.18. The van der Waals surface area contributed by atoms with Crippen molar-refractivity contribution in [3.8, 4) is 0 Å². The number of halogens is 1. The molecule has 1 saturated heterocycles. The first-order valence-corrected chi connectivity index (χ1v) is 9.56. The van der Waals surface area contributed by atoms with Gasteiger partial charge in [0.15, 0.2) is 0 Å². The van der Waals surface area contributed by atoms with E-state index in [2.05, 4.69) is 24.1 Å². The number of hydrogen-bond acceptors (Lipinski definition) is 6. The van der Waals surface area contributed by atoms with E-state index in [0.717, 1.165) is 19.3 Å². The molecular weight excluding hydrogens is 372 g/mol. The van der Waals surface area contributed by atoms with Crippen LogP contribution in [-0.4, -0.2) is 41.6 Å². The molecule has 150 valence electrons. The van der Waals surface area contributed by atoms with E-state index in [-0.39, 0.29) is 28.3 Å². The summed E-state index contributed by atoms with van der Waals surface area (Å²) in [5, 5.41) is 4.58. The number of aromatic amines is 1. The van der Waals surface area contributed by atoms with E-state index >= 15 is 0 Å². The maximum absolute atomic E-state index is 12.2. The number of amides is 1. The maximum Gasteiger partial charge on any atom is 0.325 e. The first-order valence-electron chi connectivity index (χ1n) is 9.18. The normalized spacial score (nSPS) is 15.7. The molecule has 2 rings (SSSR count). The van der Waals surface area contributed by atoms with Gasteiger partial charge in [-0.25, -0.2) is 0 Å². The van der Waals surface area contributed by atoms with Crippen LogP contribution in [0, 0.1) is 11.8 Å². The largest absolute Gasteiger partial charge is 0.384 e. The fraction of sp³-hybridized carbons (Fsp3) is 0.611. The molecule has 1 fully saturated rings. The summed E-state index contributed by atoms with van der Waals surface area (Å²) in [6.07, 6.45) is 2.81. The number of nitrogens with zero attached hydrogens (tertiary/aromatic N) is 1. The van der Waals surface area contributed by atoms with Crippen LogP contribution in [0.4, 0.5) is 5.82 Å². The quantitative estimate of drug-likeness (QED) is 0.646. The number of anilines is 1. The number of carbonyl (C=O) groups is 2. The summed E-state index contributed by atoms with van der Waals surface area (Å²) in [6, 6.07) is 1.27. The van der Waals surface area contributed by atoms with Gasteiger partial charge in [-0.05, 0) is 37.2 Å². The Kier molecular flexibility index (Phi) is 7.67. The van der Waals surface area contributed by atoms with Crippen molar-refractivity contribution in [3.63, 3.8) is 0 Å². The van der Waals surface area contributed by atoms with E-state index in [1.807, 2.05) is 0 Å². The molecule has 0 saturated carbocycles. The van der Waals surface area contributed by atoms with E-state index < -0.39 is 11.5 Å². The number of hydrogen-bond donors (Lipinski definition) is 3. The summed E-state index contributed by atoms with van der Waals surface area (Å²) in [5.41, 5.74) is 4.87. The molecule has 0 aliphatic carbocycles. The molecule has 1 aromatic heterocycles. The van der Waals surface area contributed by atoms with Crippen LogP contribution in [0.15, 0.2) is 10.9 Å². The lowest BCUT2D eigenvalue weighted by molar-refractivity contribution is -0.196. The Balaban J connectivity index is 1.75. The van der Waals surface area contributed by atoms with Crippen molar-refractivity contribution in [3.05, 3.63) is 27.0 Å². The van der Waals surface area contributed by atoms with Crippen LogP contribution < -0.4 is 16.6 Å². The first kappa shape index (κ1) is 21.2. The molecule has 9 heteroatoms. The minimum absolute atomic E-state index is 0.0357. The molecule has 1 aliphatic rings. The van der Waals surface area contributed by atoms with Gasteiger partial charge in [0.05, 0.1) is 5.02 Å². The number of hydroxylamine groups is 2. The van der Waals surface area contributed by atoms with E-state index in [1.165, 1.54) is 6.07 Å². The SMILES string of the molecule is CC(C)CCC(=O)ON1CCC(CNC(=O)c2cc(Cl)c(N)[nH]c2=O)CC1. The maximum atomic E-state index is 12.2. The molecule has 0 aromatic carbocycles. The molecular formula is C18H27ClN4O4. The number of H-pyrrole nitrogens is 1. The zero-order valence-electron chi connectivity index (χ0n) is 15.7. The first-order chi connectivity index (χ1) is 12.8. The van der Waals surface area contributed by atoms with E-state index in [9.17, 15) is 14.4 Å². The second-order valence-corrected chi connectivity index (χ2v) is 7.66. The Morgan fingerprint density at radius 3 is 2.70 bits per heavy atom. The molecule has 1 aliphatic heterocycles.